The van der Waals surface area contributed by atoms with E-state index in [1.807, 2.05) is 30.3 Å². The maximum Gasteiger partial charge on any atom is 0.424 e. The summed E-state index contributed by atoms with van der Waals surface area (Å²) in [6.07, 6.45) is 1.19. The molecule has 5 nitrogen and oxygen atoms in total. The molecule has 0 atom stereocenters. The first kappa shape index (κ1) is 12.4. The number of amides is 1. The summed E-state index contributed by atoms with van der Waals surface area (Å²) in [6.45, 7) is 0.287. The van der Waals surface area contributed by atoms with Crippen LogP contribution in [0.5, 0.6) is 0 Å². The zero-order valence-electron chi connectivity index (χ0n) is 9.76. The van der Waals surface area contributed by atoms with Gasteiger partial charge < -0.3 is 4.74 Å². The summed E-state index contributed by atoms with van der Waals surface area (Å²) in [5.41, 5.74) is 2.78. The number of hydrogen-bond donors (Lipinski definition) is 1. The Labute approximate surface area is 109 Å². The van der Waals surface area contributed by atoms with Crippen LogP contribution in [0.25, 0.3) is 11.3 Å². The van der Waals surface area contributed by atoms with E-state index in [9.17, 15) is 4.79 Å². The molecule has 0 fully saturated rings. The highest BCUT2D eigenvalue weighted by Gasteiger charge is 2.11. The van der Waals surface area contributed by atoms with Crippen LogP contribution in [0.2, 0.25) is 0 Å². The number of nitrogens with zero attached hydrogens (tertiary/aromatic N) is 2. The summed E-state index contributed by atoms with van der Waals surface area (Å²) in [7, 11) is 1.29. The number of methoxy groups -OCH3 is 1. The van der Waals surface area contributed by atoms with Gasteiger partial charge in [-0.25, -0.2) is 9.21 Å². The lowest BCUT2D eigenvalue weighted by Crippen LogP contribution is -2.20. The van der Waals surface area contributed by atoms with Crippen LogP contribution in [0.1, 0.15) is 5.56 Å². The van der Waals surface area contributed by atoms with Crippen molar-refractivity contribution >= 4 is 17.9 Å². The largest absolute Gasteiger partial charge is 0.452 e. The molecule has 18 heavy (non-hydrogen) atoms. The highest BCUT2D eigenvalue weighted by Crippen LogP contribution is 2.18. The lowest BCUT2D eigenvalue weighted by molar-refractivity contribution is 0.148. The van der Waals surface area contributed by atoms with Gasteiger partial charge in [0.15, 0.2) is 0 Å². The van der Waals surface area contributed by atoms with Crippen molar-refractivity contribution in [2.24, 2.45) is 0 Å². The number of ether oxygens (including phenoxy) is 1. The normalized spacial score (nSPS) is 10.1. The SMILES string of the molecule is COC(=O)N(Cl)Cc1ccc(-c2cc[nH]n2)cc1. The van der Waals surface area contributed by atoms with Crippen LogP contribution in [-0.2, 0) is 11.3 Å². The second-order valence-electron chi connectivity index (χ2n) is 3.65. The van der Waals surface area contributed by atoms with Crippen molar-refractivity contribution in [1.29, 1.82) is 0 Å². The molecule has 0 saturated carbocycles. The highest BCUT2D eigenvalue weighted by atomic mass is 35.5. The molecule has 0 saturated heterocycles. The van der Waals surface area contributed by atoms with Crippen LogP contribution in [0, 0.1) is 0 Å². The Hall–Kier alpha value is -2.01. The average Bonchev–Trinajstić information content (AvgIpc) is 2.92. The number of nitrogens with one attached hydrogen (secondary N) is 1. The minimum atomic E-state index is -0.576. The maximum atomic E-state index is 11.1. The molecular formula is C12H12ClN3O2. The van der Waals surface area contributed by atoms with Gasteiger partial charge in [0.25, 0.3) is 0 Å². The van der Waals surface area contributed by atoms with Gasteiger partial charge in [-0.15, -0.1) is 0 Å². The van der Waals surface area contributed by atoms with Crippen molar-refractivity contribution in [1.82, 2.24) is 14.6 Å². The number of aromatic amines is 1. The van der Waals surface area contributed by atoms with E-state index >= 15 is 0 Å². The van der Waals surface area contributed by atoms with E-state index in [0.29, 0.717) is 0 Å². The first-order valence-corrected chi connectivity index (χ1v) is 5.65. The van der Waals surface area contributed by atoms with Gasteiger partial charge in [0, 0.05) is 23.5 Å². The Bertz CT molecular complexity index is 511. The molecule has 0 aliphatic rings. The van der Waals surface area contributed by atoms with Crippen molar-refractivity contribution in [3.63, 3.8) is 0 Å². The topological polar surface area (TPSA) is 58.2 Å². The maximum absolute atomic E-state index is 11.1. The molecule has 1 heterocycles. The Morgan fingerprint density at radius 3 is 2.67 bits per heavy atom. The smallest absolute Gasteiger partial charge is 0.424 e. The number of benzene rings is 1. The summed E-state index contributed by atoms with van der Waals surface area (Å²) < 4.78 is 5.50. The molecule has 6 heteroatoms. The molecule has 0 aliphatic heterocycles. The monoisotopic (exact) mass is 265 g/mol. The van der Waals surface area contributed by atoms with Gasteiger partial charge >= 0.3 is 6.09 Å². The zero-order chi connectivity index (χ0) is 13.0. The highest BCUT2D eigenvalue weighted by molar-refractivity contribution is 6.20. The Morgan fingerprint density at radius 2 is 2.11 bits per heavy atom. The van der Waals surface area contributed by atoms with Crippen molar-refractivity contribution in [2.75, 3.05) is 7.11 Å². The van der Waals surface area contributed by atoms with Crippen molar-refractivity contribution in [3.05, 3.63) is 42.1 Å². The van der Waals surface area contributed by atoms with Gasteiger partial charge in [0.1, 0.15) is 0 Å². The van der Waals surface area contributed by atoms with Gasteiger partial charge in [0.05, 0.1) is 19.3 Å². The zero-order valence-corrected chi connectivity index (χ0v) is 10.5. The van der Waals surface area contributed by atoms with E-state index < -0.39 is 6.09 Å². The van der Waals surface area contributed by atoms with E-state index in [2.05, 4.69) is 14.9 Å². The molecule has 1 N–H and O–H groups in total. The molecular weight excluding hydrogens is 254 g/mol. The van der Waals surface area contributed by atoms with Gasteiger partial charge in [-0.2, -0.15) is 5.10 Å². The van der Waals surface area contributed by atoms with Gasteiger partial charge in [-0.05, 0) is 11.6 Å². The summed E-state index contributed by atoms with van der Waals surface area (Å²) in [5, 5.41) is 6.84. The van der Waals surface area contributed by atoms with E-state index in [-0.39, 0.29) is 6.54 Å². The van der Waals surface area contributed by atoms with E-state index in [4.69, 9.17) is 11.8 Å². The molecule has 94 valence electrons. The van der Waals surface area contributed by atoms with Crippen molar-refractivity contribution in [3.8, 4) is 11.3 Å². The summed E-state index contributed by atoms with van der Waals surface area (Å²) >= 11 is 5.75. The standard InChI is InChI=1S/C12H12ClN3O2/c1-18-12(17)16(13)8-9-2-4-10(5-3-9)11-6-7-14-15-11/h2-7H,8H2,1H3,(H,14,15). The number of hydrogen-bond acceptors (Lipinski definition) is 3. The quantitative estimate of drug-likeness (QED) is 0.868. The third-order valence-electron chi connectivity index (χ3n) is 2.44. The predicted molar refractivity (Wildman–Crippen MR) is 67.8 cm³/mol. The lowest BCUT2D eigenvalue weighted by Gasteiger charge is -2.12. The lowest BCUT2D eigenvalue weighted by atomic mass is 10.1. The Morgan fingerprint density at radius 1 is 1.39 bits per heavy atom. The molecule has 2 rings (SSSR count). The third kappa shape index (κ3) is 2.81. The molecule has 1 aromatic carbocycles. The second-order valence-corrected chi connectivity index (χ2v) is 4.05. The number of halogens is 1. The molecule has 0 aliphatic carbocycles. The van der Waals surface area contributed by atoms with Crippen LogP contribution in [0.4, 0.5) is 4.79 Å². The molecule has 0 unspecified atom stereocenters. The minimum Gasteiger partial charge on any atom is -0.452 e. The van der Waals surface area contributed by atoms with Crippen LogP contribution in [-0.4, -0.2) is 27.8 Å². The first-order valence-electron chi connectivity index (χ1n) is 5.31. The number of carbonyl (C=O) groups excluding carboxylic acids is 1. The number of rotatable bonds is 3. The minimum absolute atomic E-state index is 0.287. The van der Waals surface area contributed by atoms with Crippen LogP contribution in [0.3, 0.4) is 0 Å². The fourth-order valence-corrected chi connectivity index (χ4v) is 1.73. The average molecular weight is 266 g/mol. The summed E-state index contributed by atoms with van der Waals surface area (Å²) in [5.74, 6) is 0. The van der Waals surface area contributed by atoms with E-state index in [0.717, 1.165) is 21.2 Å². The molecule has 0 bridgehead atoms. The fourth-order valence-electron chi connectivity index (χ4n) is 1.53. The number of aromatic nitrogens is 2. The molecule has 0 spiro atoms. The molecule has 0 radical (unpaired) electrons. The summed E-state index contributed by atoms with van der Waals surface area (Å²) in [6, 6.07) is 9.52. The van der Waals surface area contributed by atoms with Gasteiger partial charge in [0.2, 0.25) is 0 Å². The van der Waals surface area contributed by atoms with Crippen molar-refractivity contribution in [2.45, 2.75) is 6.54 Å². The number of H-pyrrole nitrogens is 1. The fraction of sp³-hybridized carbons (Fsp3) is 0.167. The Balaban J connectivity index is 2.06. The van der Waals surface area contributed by atoms with Gasteiger partial charge in [-0.3, -0.25) is 5.10 Å². The van der Waals surface area contributed by atoms with Crippen molar-refractivity contribution < 1.29 is 9.53 Å². The third-order valence-corrected chi connectivity index (χ3v) is 2.70. The molecule has 1 aromatic heterocycles. The van der Waals surface area contributed by atoms with Gasteiger partial charge in [-0.1, -0.05) is 24.3 Å². The van der Waals surface area contributed by atoms with Crippen LogP contribution in [0.15, 0.2) is 36.5 Å². The predicted octanol–water partition coefficient (Wildman–Crippen LogP) is 2.80. The van der Waals surface area contributed by atoms with E-state index in [1.165, 1.54) is 7.11 Å². The van der Waals surface area contributed by atoms with Crippen LogP contribution >= 0.6 is 11.8 Å². The summed E-state index contributed by atoms with van der Waals surface area (Å²) in [4.78, 5) is 11.1. The van der Waals surface area contributed by atoms with Crippen LogP contribution < -0.4 is 0 Å². The molecule has 2 aromatic rings. The second kappa shape index (κ2) is 5.55. The molecule has 1 amide bonds. The number of carbonyl (C=O) groups is 1. The first-order chi connectivity index (χ1) is 8.70. The van der Waals surface area contributed by atoms with E-state index in [1.54, 1.807) is 6.20 Å². The Kier molecular flexibility index (Phi) is 3.84.